The third kappa shape index (κ3) is 6.54. The molecule has 2 amide bonds. The zero-order valence-corrected chi connectivity index (χ0v) is 20.9. The molecule has 0 unspecified atom stereocenters. The van der Waals surface area contributed by atoms with Crippen molar-refractivity contribution in [1.29, 1.82) is 0 Å². The maximum atomic E-state index is 13.3. The maximum Gasteiger partial charge on any atom is 0.405 e. The molecule has 2 N–H and O–H groups in total. The molecule has 9 nitrogen and oxygen atoms in total. The molecular weight excluding hydrogens is 534 g/mol. The number of nitrogens with one attached hydrogen (secondary N) is 2. The first-order valence-electron chi connectivity index (χ1n) is 11.6. The molecule has 2 aromatic rings. The van der Waals surface area contributed by atoms with E-state index in [1.165, 1.54) is 23.1 Å². The first-order chi connectivity index (χ1) is 17.8. The highest BCUT2D eigenvalue weighted by Crippen LogP contribution is 2.33. The van der Waals surface area contributed by atoms with Crippen molar-refractivity contribution in [2.24, 2.45) is 0 Å². The van der Waals surface area contributed by atoms with Crippen LogP contribution in [0.5, 0.6) is 5.75 Å². The number of amides is 2. The first kappa shape index (κ1) is 27.6. The van der Waals surface area contributed by atoms with Crippen LogP contribution in [0.25, 0.3) is 0 Å². The molecule has 4 rings (SSSR count). The summed E-state index contributed by atoms with van der Waals surface area (Å²) in [5.41, 5.74) is 0.208. The highest BCUT2D eigenvalue weighted by atomic mass is 32.2. The Labute approximate surface area is 216 Å². The molecule has 1 fully saturated rings. The maximum absolute atomic E-state index is 13.3. The normalized spacial score (nSPS) is 21.9. The third-order valence-electron chi connectivity index (χ3n) is 6.29. The lowest BCUT2D eigenvalue weighted by molar-refractivity contribution is -0.144. The summed E-state index contributed by atoms with van der Waals surface area (Å²) >= 11 is 0. The van der Waals surface area contributed by atoms with Crippen molar-refractivity contribution >= 4 is 27.5 Å². The summed E-state index contributed by atoms with van der Waals surface area (Å²) in [7, 11) is -2.49. The van der Waals surface area contributed by atoms with Crippen LogP contribution >= 0.6 is 0 Å². The fraction of sp³-hybridized carbons (Fsp3) is 0.417. The van der Waals surface area contributed by atoms with E-state index in [2.05, 4.69) is 4.72 Å². The van der Waals surface area contributed by atoms with E-state index in [-0.39, 0.29) is 34.9 Å². The summed E-state index contributed by atoms with van der Waals surface area (Å²) in [5, 5.41) is 1.82. The molecule has 2 heterocycles. The summed E-state index contributed by atoms with van der Waals surface area (Å²) in [6.07, 6.45) is -5.30. The summed E-state index contributed by atoms with van der Waals surface area (Å²) in [6, 6.07) is 7.99. The quantitative estimate of drug-likeness (QED) is 0.526. The molecule has 0 spiro atoms. The lowest BCUT2D eigenvalue weighted by Gasteiger charge is -2.42. The second-order valence-electron chi connectivity index (χ2n) is 9.03. The summed E-state index contributed by atoms with van der Waals surface area (Å²) < 4.78 is 89.7. The van der Waals surface area contributed by atoms with Gasteiger partial charge in [0.2, 0.25) is 5.91 Å². The van der Waals surface area contributed by atoms with Crippen LogP contribution < -0.4 is 14.8 Å². The fourth-order valence-electron chi connectivity index (χ4n) is 4.40. The molecule has 0 aromatic heterocycles. The minimum atomic E-state index is -4.52. The van der Waals surface area contributed by atoms with E-state index in [9.17, 15) is 35.6 Å². The van der Waals surface area contributed by atoms with Crippen molar-refractivity contribution in [2.45, 2.75) is 48.6 Å². The van der Waals surface area contributed by atoms with Gasteiger partial charge in [-0.05, 0) is 55.3 Å². The van der Waals surface area contributed by atoms with Gasteiger partial charge in [-0.15, -0.1) is 0 Å². The number of hydrogen-bond donors (Lipinski definition) is 2. The number of nitrogens with zero attached hydrogens (tertiary/aromatic N) is 1. The predicted octanol–water partition coefficient (Wildman–Crippen LogP) is 3.08. The fourth-order valence-corrected chi connectivity index (χ4v) is 5.45. The second-order valence-corrected chi connectivity index (χ2v) is 10.7. The lowest BCUT2D eigenvalue weighted by atomic mass is 9.94. The molecule has 206 valence electrons. The van der Waals surface area contributed by atoms with Crippen LogP contribution in [0.4, 0.5) is 23.2 Å². The molecule has 0 radical (unpaired) electrons. The molecule has 0 aliphatic carbocycles. The molecule has 3 atom stereocenters. The average molecular weight is 560 g/mol. The number of carbonyl (C=O) groups excluding carboxylic acids is 2. The number of halogens is 4. The van der Waals surface area contributed by atoms with Crippen LogP contribution in [0.3, 0.4) is 0 Å². The van der Waals surface area contributed by atoms with Crippen LogP contribution in [-0.4, -0.2) is 69.8 Å². The van der Waals surface area contributed by atoms with Crippen molar-refractivity contribution in [3.05, 3.63) is 53.8 Å². The van der Waals surface area contributed by atoms with Gasteiger partial charge >= 0.3 is 6.18 Å². The van der Waals surface area contributed by atoms with Crippen molar-refractivity contribution in [1.82, 2.24) is 10.2 Å². The summed E-state index contributed by atoms with van der Waals surface area (Å²) in [4.78, 5) is 26.5. The number of hydrogen-bond acceptors (Lipinski definition) is 6. The standard InChI is InChI=1S/C24H25F4N3O6S/c1-31-19-8-5-16(11-22(32)29-13-24(26,27)28)37-21(19)12-36-20-9-4-15(10-18(20)23(31)33)30-38(34,35)17-6-2-14(25)3-7-17/h2-4,6-7,9-10,16,19,21,30H,5,8,11-13H2,1H3,(H,29,32)/t16-,19+,21+/m1/s1. The van der Waals surface area contributed by atoms with Crippen LogP contribution in [0.1, 0.15) is 29.6 Å². The Morgan fingerprint density at radius 3 is 2.53 bits per heavy atom. The lowest BCUT2D eigenvalue weighted by Crippen LogP contribution is -2.54. The highest BCUT2D eigenvalue weighted by Gasteiger charge is 2.39. The van der Waals surface area contributed by atoms with Crippen molar-refractivity contribution in [3.8, 4) is 5.75 Å². The van der Waals surface area contributed by atoms with Crippen LogP contribution in [0, 0.1) is 5.82 Å². The number of alkyl halides is 3. The van der Waals surface area contributed by atoms with Crippen molar-refractivity contribution in [3.63, 3.8) is 0 Å². The zero-order valence-electron chi connectivity index (χ0n) is 20.1. The monoisotopic (exact) mass is 559 g/mol. The van der Waals surface area contributed by atoms with Crippen LogP contribution in [0.15, 0.2) is 47.4 Å². The van der Waals surface area contributed by atoms with Crippen LogP contribution in [0.2, 0.25) is 0 Å². The number of rotatable bonds is 6. The van der Waals surface area contributed by atoms with E-state index in [4.69, 9.17) is 9.47 Å². The molecule has 38 heavy (non-hydrogen) atoms. The highest BCUT2D eigenvalue weighted by molar-refractivity contribution is 7.92. The molecule has 2 aromatic carbocycles. The number of anilines is 1. The Morgan fingerprint density at radius 2 is 1.84 bits per heavy atom. The van der Waals surface area contributed by atoms with Gasteiger partial charge in [-0.1, -0.05) is 0 Å². The Kier molecular flexibility index (Phi) is 7.83. The summed E-state index contributed by atoms with van der Waals surface area (Å²) in [5.74, 6) is -1.65. The van der Waals surface area contributed by atoms with Crippen LogP contribution in [-0.2, 0) is 19.6 Å². The Bertz CT molecular complexity index is 1300. The van der Waals surface area contributed by atoms with E-state index in [1.807, 2.05) is 5.32 Å². The first-order valence-corrected chi connectivity index (χ1v) is 13.1. The van der Waals surface area contributed by atoms with Crippen molar-refractivity contribution in [2.75, 3.05) is 24.9 Å². The average Bonchev–Trinajstić information content (AvgIpc) is 2.85. The SMILES string of the molecule is CN1C(=O)c2cc(NS(=O)(=O)c3ccc(F)cc3)ccc2OC[C@@H]2O[C@@H](CC(=O)NCC(F)(F)F)CC[C@@H]21. The second kappa shape index (κ2) is 10.8. The summed E-state index contributed by atoms with van der Waals surface area (Å²) in [6.45, 7) is -1.43. The molecular formula is C24H25F4N3O6S. The number of ether oxygens (including phenoxy) is 2. The minimum Gasteiger partial charge on any atom is -0.490 e. The molecule has 1 saturated heterocycles. The number of sulfonamides is 1. The largest absolute Gasteiger partial charge is 0.490 e. The van der Waals surface area contributed by atoms with Gasteiger partial charge in [-0.2, -0.15) is 13.2 Å². The third-order valence-corrected chi connectivity index (χ3v) is 7.68. The van der Waals surface area contributed by atoms with Gasteiger partial charge in [-0.25, -0.2) is 12.8 Å². The predicted molar refractivity (Wildman–Crippen MR) is 127 cm³/mol. The number of carbonyl (C=O) groups is 2. The van der Waals surface area contributed by atoms with E-state index in [0.29, 0.717) is 12.8 Å². The van der Waals surface area contributed by atoms with Gasteiger partial charge in [-0.3, -0.25) is 14.3 Å². The topological polar surface area (TPSA) is 114 Å². The molecule has 14 heteroatoms. The Hall–Kier alpha value is -3.39. The van der Waals surface area contributed by atoms with Gasteiger partial charge in [0.05, 0.1) is 29.0 Å². The molecule has 2 aliphatic rings. The Balaban J connectivity index is 1.46. The van der Waals surface area contributed by atoms with Gasteiger partial charge in [0, 0.05) is 12.7 Å². The van der Waals surface area contributed by atoms with Gasteiger partial charge in [0.25, 0.3) is 15.9 Å². The van der Waals surface area contributed by atoms with Gasteiger partial charge in [0.15, 0.2) is 0 Å². The van der Waals surface area contributed by atoms with E-state index >= 15 is 0 Å². The van der Waals surface area contributed by atoms with Gasteiger partial charge < -0.3 is 19.7 Å². The zero-order chi connectivity index (χ0) is 27.7. The van der Waals surface area contributed by atoms with E-state index in [1.54, 1.807) is 7.05 Å². The van der Waals surface area contributed by atoms with Crippen molar-refractivity contribution < 1.29 is 45.0 Å². The number of benzene rings is 2. The molecule has 0 saturated carbocycles. The molecule has 0 bridgehead atoms. The number of likely N-dealkylation sites (N-methyl/N-ethyl adjacent to an activating group) is 1. The van der Waals surface area contributed by atoms with E-state index in [0.717, 1.165) is 24.3 Å². The van der Waals surface area contributed by atoms with E-state index < -0.39 is 58.6 Å². The van der Waals surface area contributed by atoms with Gasteiger partial charge in [0.1, 0.15) is 30.8 Å². The number of fused-ring (bicyclic) bond motifs is 2. The smallest absolute Gasteiger partial charge is 0.405 e. The minimum absolute atomic E-state index is 0.00336. The molecule has 2 aliphatic heterocycles. The Morgan fingerprint density at radius 1 is 1.13 bits per heavy atom.